The van der Waals surface area contributed by atoms with Crippen LogP contribution in [0.4, 0.5) is 11.4 Å². The number of anilines is 1. The van der Waals surface area contributed by atoms with Crippen molar-refractivity contribution in [2.75, 3.05) is 19.4 Å². The second kappa shape index (κ2) is 7.22. The number of benzene rings is 1. The second-order valence-corrected chi connectivity index (χ2v) is 4.32. The lowest BCUT2D eigenvalue weighted by Crippen LogP contribution is -3.15. The van der Waals surface area contributed by atoms with Gasteiger partial charge in [-0.3, -0.25) is 4.84 Å². The molecule has 0 aromatic heterocycles. The fourth-order valence-electron chi connectivity index (χ4n) is 2.02. The molecule has 0 fully saturated rings. The van der Waals surface area contributed by atoms with Crippen LogP contribution in [0.3, 0.4) is 0 Å². The van der Waals surface area contributed by atoms with Crippen molar-refractivity contribution in [2.24, 2.45) is 5.84 Å². The second-order valence-electron chi connectivity index (χ2n) is 4.32. The molecule has 0 aliphatic heterocycles. The Kier molecular flexibility index (Phi) is 5.90. The van der Waals surface area contributed by atoms with E-state index >= 15 is 0 Å². The van der Waals surface area contributed by atoms with Crippen molar-refractivity contribution in [3.05, 3.63) is 27.6 Å². The molecule has 0 aliphatic rings. The van der Waals surface area contributed by atoms with Gasteiger partial charge in [0.2, 0.25) is 11.4 Å². The van der Waals surface area contributed by atoms with Crippen LogP contribution in [-0.2, 0) is 0 Å². The zero-order valence-corrected chi connectivity index (χ0v) is 12.6. The number of rotatable bonds is 6. The van der Waals surface area contributed by atoms with Gasteiger partial charge in [0.15, 0.2) is 5.69 Å². The number of nitrogens with two attached hydrogens (primary N) is 1. The van der Waals surface area contributed by atoms with Gasteiger partial charge in [-0.1, -0.05) is 12.2 Å². The molecule has 118 valence electrons. The Morgan fingerprint density at radius 3 is 2.33 bits per heavy atom. The molecule has 1 aromatic rings. The average molecular weight is 300 g/mol. The minimum absolute atomic E-state index is 0.251. The molecule has 2 atom stereocenters. The molecule has 0 saturated carbocycles. The smallest absolute Gasteiger partial charge is 0.256 e. The van der Waals surface area contributed by atoms with E-state index in [1.807, 2.05) is 6.92 Å². The van der Waals surface area contributed by atoms with E-state index in [2.05, 4.69) is 11.1 Å². The molecule has 21 heavy (non-hydrogen) atoms. The average Bonchev–Trinajstić information content (AvgIpc) is 2.39. The van der Waals surface area contributed by atoms with E-state index in [0.29, 0.717) is 28.3 Å². The summed E-state index contributed by atoms with van der Waals surface area (Å²) in [6, 6.07) is 0. The number of allylic oxidation sites excluding steroid dienone is 1. The topological polar surface area (TPSA) is 139 Å². The van der Waals surface area contributed by atoms with Crippen LogP contribution in [-0.4, -0.2) is 14.1 Å². The summed E-state index contributed by atoms with van der Waals surface area (Å²) in [5.74, 6) is 5.69. The monoisotopic (exact) mass is 300 g/mol. The van der Waals surface area contributed by atoms with Crippen molar-refractivity contribution in [3.63, 3.8) is 0 Å². The molecular weight excluding hydrogens is 278 g/mol. The van der Waals surface area contributed by atoms with E-state index in [1.165, 1.54) is 7.05 Å². The maximum atomic E-state index is 11.3. The molecular formula is C12H22N5O4+. The zero-order valence-electron chi connectivity index (χ0n) is 12.6. The molecule has 9 heteroatoms. The Morgan fingerprint density at radius 2 is 1.90 bits per heavy atom. The maximum Gasteiger partial charge on any atom is 0.256 e. The van der Waals surface area contributed by atoms with Crippen molar-refractivity contribution in [1.29, 1.82) is 0 Å². The summed E-state index contributed by atoms with van der Waals surface area (Å²) in [7, 11) is 2.95. The van der Waals surface area contributed by atoms with Crippen LogP contribution < -0.4 is 37.1 Å². The normalized spacial score (nSPS) is 14.1. The highest BCUT2D eigenvalue weighted by atomic mass is 16.9. The van der Waals surface area contributed by atoms with Gasteiger partial charge in [0.1, 0.15) is 7.05 Å². The number of hydrogen-bond donors (Lipinski definition) is 5. The fraction of sp³-hybridized carbons (Fsp3) is 0.333. The summed E-state index contributed by atoms with van der Waals surface area (Å²) in [6.07, 6.45) is 3.51. The lowest BCUT2D eigenvalue weighted by molar-refractivity contribution is -1.03. The van der Waals surface area contributed by atoms with Crippen molar-refractivity contribution in [3.8, 4) is 11.5 Å². The number of nitrogens with one attached hydrogen (secondary N) is 3. The first-order chi connectivity index (χ1) is 9.83. The standard InChI is InChI=1S/C12H21N5O4/c1-5-6-8-7(2)11(20-16(4)18)9(13)10(15-3)12(8)21-17(14)19/h5-6,15-17H,13-14H2,1-4H3/p+1. The summed E-state index contributed by atoms with van der Waals surface area (Å²) in [5, 5.41) is 23.9. The molecule has 0 bridgehead atoms. The minimum Gasteiger partial charge on any atom is -0.591 e. The van der Waals surface area contributed by atoms with Gasteiger partial charge in [-0.2, -0.15) is 5.23 Å². The lowest BCUT2D eigenvalue weighted by atomic mass is 10.0. The van der Waals surface area contributed by atoms with Crippen molar-refractivity contribution in [2.45, 2.75) is 13.8 Å². The largest absolute Gasteiger partial charge is 0.591 e. The van der Waals surface area contributed by atoms with Gasteiger partial charge in [0, 0.05) is 18.2 Å². The Balaban J connectivity index is 3.63. The van der Waals surface area contributed by atoms with Gasteiger partial charge in [0.25, 0.3) is 5.75 Å². The van der Waals surface area contributed by atoms with E-state index in [1.54, 1.807) is 26.1 Å². The third-order valence-electron chi connectivity index (χ3n) is 2.82. The predicted molar refractivity (Wildman–Crippen MR) is 78.0 cm³/mol. The Hall–Kier alpha value is -1.88. The van der Waals surface area contributed by atoms with Crippen molar-refractivity contribution >= 4 is 17.5 Å². The van der Waals surface area contributed by atoms with Gasteiger partial charge in [0.05, 0.1) is 0 Å². The van der Waals surface area contributed by atoms with Crippen LogP contribution >= 0.6 is 0 Å². The van der Waals surface area contributed by atoms with Crippen LogP contribution in [0.15, 0.2) is 6.08 Å². The summed E-state index contributed by atoms with van der Waals surface area (Å²) >= 11 is 0. The third-order valence-corrected chi connectivity index (χ3v) is 2.82. The number of quaternary nitrogens is 3. The highest BCUT2D eigenvalue weighted by Crippen LogP contribution is 2.43. The quantitative estimate of drug-likeness (QED) is 0.298. The van der Waals surface area contributed by atoms with E-state index in [0.717, 1.165) is 0 Å². The maximum absolute atomic E-state index is 11.3. The van der Waals surface area contributed by atoms with Gasteiger partial charge < -0.3 is 26.3 Å². The molecule has 1 rings (SSSR count). The Labute approximate surface area is 122 Å². The predicted octanol–water partition coefficient (Wildman–Crippen LogP) is -2.20. The summed E-state index contributed by atoms with van der Waals surface area (Å²) in [6.45, 7) is 3.56. The molecule has 1 aromatic carbocycles. The van der Waals surface area contributed by atoms with Gasteiger partial charge in [-0.15, -0.1) is 11.2 Å². The highest BCUT2D eigenvalue weighted by Gasteiger charge is 2.27. The van der Waals surface area contributed by atoms with Gasteiger partial charge >= 0.3 is 0 Å². The summed E-state index contributed by atoms with van der Waals surface area (Å²) in [5.41, 5.74) is 5.94. The number of hydrogen-bond acceptors (Lipinski definition) is 6. The molecule has 0 saturated heterocycles. The van der Waals surface area contributed by atoms with Crippen molar-refractivity contribution in [1.82, 2.24) is 0 Å². The van der Waals surface area contributed by atoms with E-state index in [-0.39, 0.29) is 5.75 Å². The van der Waals surface area contributed by atoms with Crippen molar-refractivity contribution < 1.29 is 26.0 Å². The SMILES string of the molecule is CC=Cc1c(C)c(O[NH+](C)[O-])c([NH3+])c(NC)c1O[NH+](N)[O-]. The Morgan fingerprint density at radius 1 is 1.29 bits per heavy atom. The van der Waals surface area contributed by atoms with Crippen LogP contribution in [0, 0.1) is 17.3 Å². The van der Waals surface area contributed by atoms with E-state index in [9.17, 15) is 10.4 Å². The van der Waals surface area contributed by atoms with Crippen LogP contribution in [0.25, 0.3) is 6.08 Å². The number of hydroxylamine groups is 2. The molecule has 9 nitrogen and oxygen atoms in total. The molecule has 0 spiro atoms. The van der Waals surface area contributed by atoms with Gasteiger partial charge in [-0.25, -0.2) is 0 Å². The fourth-order valence-corrected chi connectivity index (χ4v) is 2.02. The lowest BCUT2D eigenvalue weighted by Gasteiger charge is -2.22. The van der Waals surface area contributed by atoms with Crippen LogP contribution in [0.2, 0.25) is 0 Å². The summed E-state index contributed by atoms with van der Waals surface area (Å²) < 4.78 is 0. The van der Waals surface area contributed by atoms with E-state index < -0.39 is 10.6 Å². The molecule has 8 N–H and O–H groups in total. The first-order valence-corrected chi connectivity index (χ1v) is 6.32. The summed E-state index contributed by atoms with van der Waals surface area (Å²) in [4.78, 5) is 10.3. The molecule has 0 radical (unpaired) electrons. The zero-order chi connectivity index (χ0) is 16.2. The molecule has 0 amide bonds. The third kappa shape index (κ3) is 3.82. The highest BCUT2D eigenvalue weighted by molar-refractivity contribution is 5.83. The first-order valence-electron chi connectivity index (χ1n) is 6.32. The first kappa shape index (κ1) is 17.2. The molecule has 0 heterocycles. The van der Waals surface area contributed by atoms with E-state index in [4.69, 9.17) is 15.5 Å². The van der Waals surface area contributed by atoms with Crippen LogP contribution in [0.5, 0.6) is 11.5 Å². The minimum atomic E-state index is -0.934. The molecule has 0 aliphatic carbocycles. The molecule has 2 unspecified atom stereocenters. The van der Waals surface area contributed by atoms with Gasteiger partial charge in [-0.05, 0) is 13.8 Å². The Bertz CT molecular complexity index is 531. The van der Waals surface area contributed by atoms with Crippen LogP contribution in [0.1, 0.15) is 18.1 Å².